The molecule has 1 heterocycles. The highest BCUT2D eigenvalue weighted by atomic mass is 35.5. The molecule has 3 unspecified atom stereocenters. The van der Waals surface area contributed by atoms with Gasteiger partial charge in [-0.05, 0) is 45.2 Å². The normalized spacial score (nSPS) is 19.6. The average molecular weight is 409 g/mol. The third-order valence-electron chi connectivity index (χ3n) is 4.35. The van der Waals surface area contributed by atoms with Gasteiger partial charge in [0.1, 0.15) is 6.04 Å². The third-order valence-corrected chi connectivity index (χ3v) is 5.17. The molecule has 3 N–H and O–H groups in total. The number of carbonyl (C=O) groups is 2. The van der Waals surface area contributed by atoms with Crippen LogP contribution in [-0.2, 0) is 4.79 Å². The minimum atomic E-state index is -0.660. The molecule has 0 bridgehead atoms. The zero-order valence-corrected chi connectivity index (χ0v) is 16.6. The summed E-state index contributed by atoms with van der Waals surface area (Å²) < 4.78 is 0. The first-order valence-corrected chi connectivity index (χ1v) is 8.89. The van der Waals surface area contributed by atoms with E-state index < -0.39 is 11.9 Å². The van der Waals surface area contributed by atoms with Crippen LogP contribution in [-0.4, -0.2) is 41.4 Å². The number of nitrogens with one attached hydrogen (secondary N) is 1. The number of rotatable bonds is 4. The second-order valence-corrected chi connectivity index (χ2v) is 7.04. The van der Waals surface area contributed by atoms with Gasteiger partial charge in [-0.15, -0.1) is 12.4 Å². The molecule has 2 amide bonds. The van der Waals surface area contributed by atoms with Gasteiger partial charge in [0.2, 0.25) is 5.91 Å². The molecule has 1 saturated heterocycles. The van der Waals surface area contributed by atoms with Crippen molar-refractivity contribution in [2.45, 2.75) is 51.2 Å². The van der Waals surface area contributed by atoms with E-state index in [2.05, 4.69) is 5.32 Å². The number of piperidine rings is 1. The van der Waals surface area contributed by atoms with Crippen molar-refractivity contribution in [3.05, 3.63) is 33.8 Å². The first kappa shape index (κ1) is 22.0. The fourth-order valence-electron chi connectivity index (χ4n) is 3.04. The standard InChI is InChI=1S/C17H23Cl2N3O2.ClH/c1-10(20)14-8-3-4-9-22(14)17(24)11(2)21-16(23)12-6-5-7-13(18)15(12)19;/h5-7,10-11,14H,3-4,8-9,20H2,1-2H3,(H,21,23);1H. The third kappa shape index (κ3) is 5.23. The molecule has 0 spiro atoms. The van der Waals surface area contributed by atoms with Crippen molar-refractivity contribution in [2.24, 2.45) is 5.73 Å². The Kier molecular flexibility index (Phi) is 8.48. The smallest absolute Gasteiger partial charge is 0.253 e. The summed E-state index contributed by atoms with van der Waals surface area (Å²) in [5.41, 5.74) is 6.27. The van der Waals surface area contributed by atoms with Crippen molar-refractivity contribution in [3.63, 3.8) is 0 Å². The average Bonchev–Trinajstić information content (AvgIpc) is 2.56. The summed E-state index contributed by atoms with van der Waals surface area (Å²) in [5, 5.41) is 3.19. The van der Waals surface area contributed by atoms with Crippen LogP contribution in [0.4, 0.5) is 0 Å². The van der Waals surface area contributed by atoms with Crippen molar-refractivity contribution < 1.29 is 9.59 Å². The fourth-order valence-corrected chi connectivity index (χ4v) is 3.43. The Balaban J connectivity index is 0.00000312. The number of amides is 2. The number of carbonyl (C=O) groups excluding carboxylic acids is 2. The highest BCUT2D eigenvalue weighted by molar-refractivity contribution is 6.43. The predicted octanol–water partition coefficient (Wildman–Crippen LogP) is 3.26. The Hall–Kier alpha value is -1.01. The summed E-state index contributed by atoms with van der Waals surface area (Å²) in [4.78, 5) is 26.9. The Morgan fingerprint density at radius 1 is 1.28 bits per heavy atom. The van der Waals surface area contributed by atoms with Gasteiger partial charge in [-0.25, -0.2) is 0 Å². The van der Waals surface area contributed by atoms with Gasteiger partial charge >= 0.3 is 0 Å². The van der Waals surface area contributed by atoms with Gasteiger partial charge in [-0.2, -0.15) is 0 Å². The van der Waals surface area contributed by atoms with Crippen molar-refractivity contribution in [1.82, 2.24) is 10.2 Å². The first-order valence-electron chi connectivity index (χ1n) is 8.14. The number of nitrogens with zero attached hydrogens (tertiary/aromatic N) is 1. The molecule has 0 radical (unpaired) electrons. The number of halogens is 3. The number of hydrogen-bond acceptors (Lipinski definition) is 3. The zero-order chi connectivity index (χ0) is 17.9. The molecule has 5 nitrogen and oxygen atoms in total. The second kappa shape index (κ2) is 9.62. The number of benzene rings is 1. The van der Waals surface area contributed by atoms with Crippen molar-refractivity contribution in [2.75, 3.05) is 6.54 Å². The molecule has 3 atom stereocenters. The Morgan fingerprint density at radius 3 is 2.60 bits per heavy atom. The van der Waals surface area contributed by atoms with Crippen molar-refractivity contribution in [1.29, 1.82) is 0 Å². The molecule has 1 fully saturated rings. The van der Waals surface area contributed by atoms with E-state index in [1.165, 1.54) is 0 Å². The van der Waals surface area contributed by atoms with Gasteiger partial charge in [0, 0.05) is 18.6 Å². The quantitative estimate of drug-likeness (QED) is 0.803. The van der Waals surface area contributed by atoms with Crippen LogP contribution in [0.2, 0.25) is 10.0 Å². The predicted molar refractivity (Wildman–Crippen MR) is 104 cm³/mol. The lowest BCUT2D eigenvalue weighted by atomic mass is 9.96. The van der Waals surface area contributed by atoms with E-state index in [1.54, 1.807) is 30.0 Å². The highest BCUT2D eigenvalue weighted by Gasteiger charge is 2.32. The molecular weight excluding hydrogens is 385 g/mol. The summed E-state index contributed by atoms with van der Waals surface area (Å²) in [6.07, 6.45) is 2.91. The summed E-state index contributed by atoms with van der Waals surface area (Å²) in [6, 6.07) is 4.08. The van der Waals surface area contributed by atoms with Crippen molar-refractivity contribution >= 4 is 47.4 Å². The van der Waals surface area contributed by atoms with Crippen LogP contribution >= 0.6 is 35.6 Å². The number of likely N-dealkylation sites (tertiary alicyclic amines) is 1. The lowest BCUT2D eigenvalue weighted by Crippen LogP contribution is -2.56. The van der Waals surface area contributed by atoms with Gasteiger partial charge in [-0.3, -0.25) is 9.59 Å². The van der Waals surface area contributed by atoms with Crippen LogP contribution in [0.1, 0.15) is 43.5 Å². The van der Waals surface area contributed by atoms with Crippen LogP contribution in [0.15, 0.2) is 18.2 Å². The molecule has 25 heavy (non-hydrogen) atoms. The molecule has 2 rings (SSSR count). The molecule has 8 heteroatoms. The minimum absolute atomic E-state index is 0. The lowest BCUT2D eigenvalue weighted by Gasteiger charge is -2.39. The molecular formula is C17H24Cl3N3O2. The Bertz CT molecular complexity index is 625. The van der Waals surface area contributed by atoms with Gasteiger partial charge in [-0.1, -0.05) is 29.3 Å². The topological polar surface area (TPSA) is 75.4 Å². The summed E-state index contributed by atoms with van der Waals surface area (Å²) in [5.74, 6) is -0.541. The maximum Gasteiger partial charge on any atom is 0.253 e. The van der Waals surface area contributed by atoms with Gasteiger partial charge in [0.25, 0.3) is 5.91 Å². The van der Waals surface area contributed by atoms with Gasteiger partial charge in [0.15, 0.2) is 0 Å². The summed E-state index contributed by atoms with van der Waals surface area (Å²) in [7, 11) is 0. The summed E-state index contributed by atoms with van der Waals surface area (Å²) in [6.45, 7) is 4.25. The molecule has 140 valence electrons. The van der Waals surface area contributed by atoms with Gasteiger partial charge < -0.3 is 16.0 Å². The molecule has 0 saturated carbocycles. The zero-order valence-electron chi connectivity index (χ0n) is 14.3. The minimum Gasteiger partial charge on any atom is -0.340 e. The van der Waals surface area contributed by atoms with E-state index in [0.717, 1.165) is 19.3 Å². The molecule has 0 aliphatic carbocycles. The van der Waals surface area contributed by atoms with Gasteiger partial charge in [0.05, 0.1) is 15.6 Å². The van der Waals surface area contributed by atoms with E-state index in [0.29, 0.717) is 11.6 Å². The van der Waals surface area contributed by atoms with Crippen LogP contribution < -0.4 is 11.1 Å². The van der Waals surface area contributed by atoms with Crippen LogP contribution in [0.25, 0.3) is 0 Å². The van der Waals surface area contributed by atoms with E-state index in [1.807, 2.05) is 6.92 Å². The monoisotopic (exact) mass is 407 g/mol. The SMILES string of the molecule is CC(NC(=O)c1cccc(Cl)c1Cl)C(=O)N1CCCCC1C(C)N.Cl. The highest BCUT2D eigenvalue weighted by Crippen LogP contribution is 2.25. The molecule has 1 aromatic rings. The fraction of sp³-hybridized carbons (Fsp3) is 0.529. The Labute approximate surface area is 164 Å². The Morgan fingerprint density at radius 2 is 1.96 bits per heavy atom. The maximum absolute atomic E-state index is 12.7. The van der Waals surface area contributed by atoms with Crippen LogP contribution in [0.5, 0.6) is 0 Å². The first-order chi connectivity index (χ1) is 11.3. The van der Waals surface area contributed by atoms with Crippen LogP contribution in [0.3, 0.4) is 0 Å². The molecule has 1 aliphatic rings. The molecule has 0 aromatic heterocycles. The number of hydrogen-bond donors (Lipinski definition) is 2. The van der Waals surface area contributed by atoms with Crippen molar-refractivity contribution in [3.8, 4) is 0 Å². The largest absolute Gasteiger partial charge is 0.340 e. The van der Waals surface area contributed by atoms with Crippen LogP contribution in [0, 0.1) is 0 Å². The lowest BCUT2D eigenvalue weighted by molar-refractivity contribution is -0.137. The van der Waals surface area contributed by atoms with E-state index in [4.69, 9.17) is 28.9 Å². The van der Waals surface area contributed by atoms with E-state index in [-0.39, 0.29) is 41.0 Å². The summed E-state index contributed by atoms with van der Waals surface area (Å²) >= 11 is 12.0. The van der Waals surface area contributed by atoms with E-state index >= 15 is 0 Å². The molecule has 1 aliphatic heterocycles. The number of nitrogens with two attached hydrogens (primary N) is 1. The second-order valence-electron chi connectivity index (χ2n) is 6.25. The van der Waals surface area contributed by atoms with E-state index in [9.17, 15) is 9.59 Å². The molecule has 1 aromatic carbocycles. The maximum atomic E-state index is 12.7.